The Labute approximate surface area is 83.2 Å². The molecule has 0 aliphatic rings. The van der Waals surface area contributed by atoms with Gasteiger partial charge in [-0.3, -0.25) is 0 Å². The van der Waals surface area contributed by atoms with E-state index in [1.807, 2.05) is 6.07 Å². The molecule has 14 heavy (non-hydrogen) atoms. The molecule has 0 atom stereocenters. The van der Waals surface area contributed by atoms with Crippen LogP contribution in [-0.2, 0) is 12.8 Å². The second kappa shape index (κ2) is 5.04. The first-order valence-electron chi connectivity index (χ1n) is 4.32. The van der Waals surface area contributed by atoms with Crippen molar-refractivity contribution in [2.45, 2.75) is 19.8 Å². The van der Waals surface area contributed by atoms with Crippen molar-refractivity contribution in [1.82, 2.24) is 0 Å². The molecular weight excluding hydrogens is 177 g/mol. The molecule has 0 saturated heterocycles. The zero-order valence-electron chi connectivity index (χ0n) is 7.97. The van der Waals surface area contributed by atoms with Gasteiger partial charge in [-0.1, -0.05) is 18.1 Å². The summed E-state index contributed by atoms with van der Waals surface area (Å²) in [6, 6.07) is 6.77. The Hall–Kier alpha value is -1.80. The molecule has 0 heterocycles. The van der Waals surface area contributed by atoms with Crippen molar-refractivity contribution in [3.63, 3.8) is 0 Å². The van der Waals surface area contributed by atoms with Gasteiger partial charge in [-0.15, -0.1) is 5.92 Å². The Balaban J connectivity index is 3.06. The highest BCUT2D eigenvalue weighted by molar-refractivity contribution is 5.33. The Morgan fingerprint density at radius 2 is 2.14 bits per heavy atom. The Morgan fingerprint density at radius 1 is 1.36 bits per heavy atom. The highest BCUT2D eigenvalue weighted by atomic mass is 19.1. The third-order valence-electron chi connectivity index (χ3n) is 1.93. The lowest BCUT2D eigenvalue weighted by Crippen LogP contribution is -1.96. The number of nitriles is 1. The predicted octanol–water partition coefficient (Wildman–Crippen LogP) is 2.46. The van der Waals surface area contributed by atoms with Crippen LogP contribution in [0.2, 0.25) is 0 Å². The van der Waals surface area contributed by atoms with Crippen LogP contribution >= 0.6 is 0 Å². The van der Waals surface area contributed by atoms with E-state index in [0.29, 0.717) is 12.0 Å². The van der Waals surface area contributed by atoms with Gasteiger partial charge in [0.25, 0.3) is 0 Å². The second-order valence-electron chi connectivity index (χ2n) is 2.82. The third-order valence-corrected chi connectivity index (χ3v) is 1.93. The second-order valence-corrected chi connectivity index (χ2v) is 2.82. The lowest BCUT2D eigenvalue weighted by molar-refractivity contribution is 0.613. The maximum Gasteiger partial charge on any atom is 0.127 e. The number of rotatable bonds is 2. The fourth-order valence-corrected chi connectivity index (χ4v) is 1.23. The van der Waals surface area contributed by atoms with Gasteiger partial charge in [0.15, 0.2) is 0 Å². The molecule has 0 aliphatic carbocycles. The minimum Gasteiger partial charge on any atom is -0.207 e. The fourth-order valence-electron chi connectivity index (χ4n) is 1.23. The van der Waals surface area contributed by atoms with Gasteiger partial charge < -0.3 is 0 Å². The smallest absolute Gasteiger partial charge is 0.127 e. The summed E-state index contributed by atoms with van der Waals surface area (Å²) in [6.07, 6.45) is 0.610. The summed E-state index contributed by atoms with van der Waals surface area (Å²) >= 11 is 0. The van der Waals surface area contributed by atoms with E-state index >= 15 is 0 Å². The number of hydrogen-bond donors (Lipinski definition) is 0. The van der Waals surface area contributed by atoms with Crippen LogP contribution in [-0.4, -0.2) is 0 Å². The van der Waals surface area contributed by atoms with E-state index in [2.05, 4.69) is 11.8 Å². The number of benzene rings is 1. The average Bonchev–Trinajstić information content (AvgIpc) is 2.19. The first-order chi connectivity index (χ1) is 6.79. The Morgan fingerprint density at radius 3 is 2.79 bits per heavy atom. The normalized spacial score (nSPS) is 8.64. The van der Waals surface area contributed by atoms with Crippen LogP contribution in [0.25, 0.3) is 0 Å². The molecule has 70 valence electrons. The molecule has 0 aliphatic heterocycles. The van der Waals surface area contributed by atoms with Crippen molar-refractivity contribution >= 4 is 0 Å². The van der Waals surface area contributed by atoms with Crippen LogP contribution in [0.1, 0.15) is 18.1 Å². The van der Waals surface area contributed by atoms with Crippen LogP contribution in [0, 0.1) is 29.0 Å². The molecule has 1 nitrogen and oxygen atoms in total. The lowest BCUT2D eigenvalue weighted by atomic mass is 10.0. The molecule has 0 saturated carbocycles. The largest absolute Gasteiger partial charge is 0.207 e. The van der Waals surface area contributed by atoms with Gasteiger partial charge in [-0.05, 0) is 18.6 Å². The van der Waals surface area contributed by atoms with E-state index in [9.17, 15) is 4.39 Å². The Bertz CT molecular complexity index is 418. The number of hydrogen-bond acceptors (Lipinski definition) is 1. The van der Waals surface area contributed by atoms with Crippen molar-refractivity contribution in [2.24, 2.45) is 0 Å². The SMILES string of the molecule is CC#CCc1cccc(F)c1CC#N. The maximum absolute atomic E-state index is 13.3. The summed E-state index contributed by atoms with van der Waals surface area (Å²) in [7, 11) is 0. The summed E-state index contributed by atoms with van der Waals surface area (Å²) in [4.78, 5) is 0. The summed E-state index contributed by atoms with van der Waals surface area (Å²) < 4.78 is 13.3. The highest BCUT2D eigenvalue weighted by Crippen LogP contribution is 2.14. The van der Waals surface area contributed by atoms with Crippen LogP contribution in [0.4, 0.5) is 4.39 Å². The first-order valence-corrected chi connectivity index (χ1v) is 4.32. The minimum absolute atomic E-state index is 0.105. The molecule has 0 spiro atoms. The van der Waals surface area contributed by atoms with Gasteiger partial charge in [0, 0.05) is 12.0 Å². The molecule has 2 heteroatoms. The molecule has 0 amide bonds. The molecule has 0 bridgehead atoms. The van der Waals surface area contributed by atoms with Crippen molar-refractivity contribution in [3.05, 3.63) is 35.1 Å². The maximum atomic E-state index is 13.3. The van der Waals surface area contributed by atoms with E-state index in [4.69, 9.17) is 5.26 Å². The lowest BCUT2D eigenvalue weighted by Gasteiger charge is -2.03. The van der Waals surface area contributed by atoms with E-state index in [-0.39, 0.29) is 12.2 Å². The van der Waals surface area contributed by atoms with Gasteiger partial charge in [0.05, 0.1) is 12.5 Å². The van der Waals surface area contributed by atoms with E-state index in [1.165, 1.54) is 6.07 Å². The summed E-state index contributed by atoms with van der Waals surface area (Å²) in [5, 5.41) is 8.54. The monoisotopic (exact) mass is 187 g/mol. The quantitative estimate of drug-likeness (QED) is 0.652. The number of halogens is 1. The van der Waals surface area contributed by atoms with Crippen molar-refractivity contribution in [3.8, 4) is 17.9 Å². The fraction of sp³-hybridized carbons (Fsp3) is 0.250. The summed E-state index contributed by atoms with van der Waals surface area (Å²) in [5.41, 5.74) is 1.28. The highest BCUT2D eigenvalue weighted by Gasteiger charge is 2.06. The zero-order chi connectivity index (χ0) is 10.4. The molecule has 1 rings (SSSR count). The van der Waals surface area contributed by atoms with Gasteiger partial charge in [0.1, 0.15) is 5.82 Å². The molecule has 1 aromatic rings. The molecule has 0 radical (unpaired) electrons. The predicted molar refractivity (Wildman–Crippen MR) is 52.9 cm³/mol. The average molecular weight is 187 g/mol. The molecule has 1 aromatic carbocycles. The van der Waals surface area contributed by atoms with Crippen LogP contribution in [0.15, 0.2) is 18.2 Å². The third kappa shape index (κ3) is 2.34. The molecule has 0 unspecified atom stereocenters. The van der Waals surface area contributed by atoms with Crippen LogP contribution in [0.5, 0.6) is 0 Å². The summed E-state index contributed by atoms with van der Waals surface area (Å²) in [6.45, 7) is 1.74. The van der Waals surface area contributed by atoms with Gasteiger partial charge >= 0.3 is 0 Å². The van der Waals surface area contributed by atoms with E-state index in [0.717, 1.165) is 5.56 Å². The minimum atomic E-state index is -0.318. The van der Waals surface area contributed by atoms with Crippen molar-refractivity contribution < 1.29 is 4.39 Å². The van der Waals surface area contributed by atoms with Crippen LogP contribution < -0.4 is 0 Å². The number of nitrogens with zero attached hydrogens (tertiary/aromatic N) is 1. The van der Waals surface area contributed by atoms with E-state index in [1.54, 1.807) is 19.1 Å². The molecule has 0 fully saturated rings. The zero-order valence-corrected chi connectivity index (χ0v) is 7.97. The molecule has 0 N–H and O–H groups in total. The topological polar surface area (TPSA) is 23.8 Å². The summed E-state index contributed by atoms with van der Waals surface area (Å²) in [5.74, 6) is 5.30. The van der Waals surface area contributed by atoms with Crippen molar-refractivity contribution in [1.29, 1.82) is 5.26 Å². The van der Waals surface area contributed by atoms with Crippen LogP contribution in [0.3, 0.4) is 0 Å². The first kappa shape index (κ1) is 10.3. The molecular formula is C12H10FN. The van der Waals surface area contributed by atoms with E-state index < -0.39 is 0 Å². The van der Waals surface area contributed by atoms with Gasteiger partial charge in [0.2, 0.25) is 0 Å². The van der Waals surface area contributed by atoms with Crippen molar-refractivity contribution in [2.75, 3.05) is 0 Å². The Kier molecular flexibility index (Phi) is 3.70. The standard InChI is InChI=1S/C12H10FN/c1-2-3-5-10-6-4-7-12(13)11(10)8-9-14/h4,6-7H,5,8H2,1H3. The van der Waals surface area contributed by atoms with Gasteiger partial charge in [-0.2, -0.15) is 5.26 Å². The molecule has 0 aromatic heterocycles. The van der Waals surface area contributed by atoms with Gasteiger partial charge in [-0.25, -0.2) is 4.39 Å².